The third-order valence-corrected chi connectivity index (χ3v) is 11.5. The number of hydrogen-bond acceptors (Lipinski definition) is 1. The fourth-order valence-corrected chi connectivity index (χ4v) is 9.28. The Bertz CT molecular complexity index is 2940. The topological polar surface area (TPSA) is 4.93 Å². The highest BCUT2D eigenvalue weighted by atomic mass is 32.1. The molecule has 1 aliphatic carbocycles. The van der Waals surface area contributed by atoms with Crippen molar-refractivity contribution in [3.63, 3.8) is 0 Å². The lowest BCUT2D eigenvalue weighted by Gasteiger charge is -2.09. The van der Waals surface area contributed by atoms with Gasteiger partial charge in [0.2, 0.25) is 0 Å². The lowest BCUT2D eigenvalue weighted by atomic mass is 9.95. The zero-order chi connectivity index (χ0) is 31.3. The summed E-state index contributed by atoms with van der Waals surface area (Å²) in [6.45, 7) is 0. The fraction of sp³-hybridized carbons (Fsp3) is 0. The molecule has 1 nitrogen and oxygen atoms in total. The van der Waals surface area contributed by atoms with E-state index in [0.29, 0.717) is 0 Å². The summed E-state index contributed by atoms with van der Waals surface area (Å²) in [4.78, 5) is 0. The van der Waals surface area contributed by atoms with Crippen LogP contribution in [0.2, 0.25) is 0 Å². The van der Waals surface area contributed by atoms with E-state index in [2.05, 4.69) is 168 Å². The number of benzene rings is 8. The maximum absolute atomic E-state index is 2.42. The monoisotopic (exact) mass is 625 g/mol. The van der Waals surface area contributed by atoms with Crippen molar-refractivity contribution in [3.05, 3.63) is 164 Å². The smallest absolute Gasteiger partial charge is 0.0547 e. The predicted octanol–water partition coefficient (Wildman–Crippen LogP) is 13.3. The second-order valence-corrected chi connectivity index (χ2v) is 14.0. The molecule has 0 bridgehead atoms. The van der Waals surface area contributed by atoms with Gasteiger partial charge in [0.15, 0.2) is 0 Å². The number of fused-ring (bicyclic) bond motifs is 9. The molecule has 0 unspecified atom stereocenters. The molecule has 0 radical (unpaired) electrons. The molecule has 0 aliphatic heterocycles. The van der Waals surface area contributed by atoms with Gasteiger partial charge in [-0.3, -0.25) is 0 Å². The molecular weight excluding hydrogens is 599 g/mol. The quantitative estimate of drug-likeness (QED) is 0.184. The van der Waals surface area contributed by atoms with Crippen molar-refractivity contribution in [3.8, 4) is 50.2 Å². The van der Waals surface area contributed by atoms with Crippen LogP contribution in [0.4, 0.5) is 0 Å². The van der Waals surface area contributed by atoms with Crippen LogP contribution in [-0.4, -0.2) is 4.57 Å². The first kappa shape index (κ1) is 26.1. The van der Waals surface area contributed by atoms with Crippen LogP contribution < -0.4 is 0 Å². The van der Waals surface area contributed by atoms with E-state index in [0.717, 1.165) is 0 Å². The molecule has 1 aliphatic rings. The van der Waals surface area contributed by atoms with Gasteiger partial charge in [0.05, 0.1) is 11.0 Å². The van der Waals surface area contributed by atoms with Crippen LogP contribution in [0.25, 0.3) is 103 Å². The molecule has 11 rings (SSSR count). The normalized spacial score (nSPS) is 12.2. The maximum atomic E-state index is 2.42. The van der Waals surface area contributed by atoms with Gasteiger partial charge in [0.1, 0.15) is 0 Å². The Morgan fingerprint density at radius 3 is 1.81 bits per heavy atom. The molecule has 2 heterocycles. The lowest BCUT2D eigenvalue weighted by Crippen LogP contribution is -1.92. The summed E-state index contributed by atoms with van der Waals surface area (Å²) in [5, 5.41) is 7.89. The van der Waals surface area contributed by atoms with Gasteiger partial charge in [-0.25, -0.2) is 0 Å². The third-order valence-electron chi connectivity index (χ3n) is 10.3. The van der Waals surface area contributed by atoms with Crippen LogP contribution in [0.1, 0.15) is 0 Å². The van der Waals surface area contributed by atoms with Gasteiger partial charge < -0.3 is 4.57 Å². The molecule has 0 saturated carbocycles. The summed E-state index contributed by atoms with van der Waals surface area (Å²) in [7, 11) is 0. The van der Waals surface area contributed by atoms with E-state index in [9.17, 15) is 0 Å². The SMILES string of the molecule is c1ccc(-n2c3ccccc3c3c(-c4ccc5sc6ccc(-c7ccc8c(c7)-c7cccc9cccc-8c79)cc6c5c4)cccc32)cc1. The summed E-state index contributed by atoms with van der Waals surface area (Å²) in [5.41, 5.74) is 14.0. The van der Waals surface area contributed by atoms with E-state index in [-0.39, 0.29) is 0 Å². The van der Waals surface area contributed by atoms with Crippen LogP contribution in [0.3, 0.4) is 0 Å². The molecule has 0 N–H and O–H groups in total. The van der Waals surface area contributed by atoms with Crippen molar-refractivity contribution in [1.82, 2.24) is 4.57 Å². The minimum atomic E-state index is 1.18. The minimum absolute atomic E-state index is 1.18. The summed E-state index contributed by atoms with van der Waals surface area (Å²) in [6, 6.07) is 60.7. The molecule has 0 atom stereocenters. The Hall–Kier alpha value is -5.96. The van der Waals surface area contributed by atoms with Crippen LogP contribution >= 0.6 is 11.3 Å². The average Bonchev–Trinajstić information content (AvgIpc) is 3.80. The van der Waals surface area contributed by atoms with Crippen molar-refractivity contribution in [2.75, 3.05) is 0 Å². The average molecular weight is 626 g/mol. The molecule has 2 heteroatoms. The van der Waals surface area contributed by atoms with Gasteiger partial charge >= 0.3 is 0 Å². The van der Waals surface area contributed by atoms with Gasteiger partial charge in [0, 0.05) is 36.6 Å². The van der Waals surface area contributed by atoms with Gasteiger partial charge in [-0.15, -0.1) is 11.3 Å². The van der Waals surface area contributed by atoms with Gasteiger partial charge in [-0.2, -0.15) is 0 Å². The summed E-state index contributed by atoms with van der Waals surface area (Å²) in [5.74, 6) is 0. The Morgan fingerprint density at radius 2 is 0.979 bits per heavy atom. The Labute approximate surface area is 281 Å². The molecule has 48 heavy (non-hydrogen) atoms. The molecule has 0 spiro atoms. The highest BCUT2D eigenvalue weighted by molar-refractivity contribution is 7.25. The minimum Gasteiger partial charge on any atom is -0.309 e. The first-order valence-electron chi connectivity index (χ1n) is 16.5. The van der Waals surface area contributed by atoms with Gasteiger partial charge in [0.25, 0.3) is 0 Å². The van der Waals surface area contributed by atoms with Crippen LogP contribution in [0.5, 0.6) is 0 Å². The van der Waals surface area contributed by atoms with Crippen molar-refractivity contribution in [1.29, 1.82) is 0 Å². The molecule has 0 amide bonds. The standard InChI is InChI=1S/C46H27NS/c1-2-11-32(12-3-1)47-41-17-5-4-13-37(41)46-33(14-8-18-42(46)47)31-21-24-44-40(27-31)39-26-30(20-23-43(39)48-44)29-19-22-34-35-15-6-9-28-10-7-16-36(45(28)35)38(34)25-29/h1-27H. The van der Waals surface area contributed by atoms with Crippen molar-refractivity contribution >= 4 is 64.1 Å². The fourth-order valence-electron chi connectivity index (χ4n) is 8.21. The summed E-state index contributed by atoms with van der Waals surface area (Å²) < 4.78 is 5.04. The first-order chi connectivity index (χ1) is 23.8. The molecule has 0 fully saturated rings. The van der Waals surface area contributed by atoms with Crippen molar-refractivity contribution in [2.24, 2.45) is 0 Å². The van der Waals surface area contributed by atoms with Crippen molar-refractivity contribution in [2.45, 2.75) is 0 Å². The first-order valence-corrected chi connectivity index (χ1v) is 17.3. The molecule has 222 valence electrons. The van der Waals surface area contributed by atoms with E-state index >= 15 is 0 Å². The van der Waals surface area contributed by atoms with E-state index in [1.54, 1.807) is 0 Å². The molecular formula is C46H27NS. The second-order valence-electron chi connectivity index (χ2n) is 12.9. The second kappa shape index (κ2) is 9.78. The van der Waals surface area contributed by atoms with Gasteiger partial charge in [-0.05, 0) is 110 Å². The number of rotatable bonds is 3. The lowest BCUT2D eigenvalue weighted by molar-refractivity contribution is 1.18. The van der Waals surface area contributed by atoms with E-state index < -0.39 is 0 Å². The largest absolute Gasteiger partial charge is 0.309 e. The number of aromatic nitrogens is 1. The van der Waals surface area contributed by atoms with E-state index in [4.69, 9.17) is 0 Å². The van der Waals surface area contributed by atoms with Crippen molar-refractivity contribution < 1.29 is 0 Å². The Morgan fingerprint density at radius 1 is 0.354 bits per heavy atom. The molecule has 8 aromatic carbocycles. The number of nitrogens with zero attached hydrogens (tertiary/aromatic N) is 1. The Balaban J connectivity index is 1.08. The summed E-state index contributed by atoms with van der Waals surface area (Å²) >= 11 is 1.88. The number of hydrogen-bond donors (Lipinski definition) is 0. The predicted molar refractivity (Wildman–Crippen MR) is 206 cm³/mol. The van der Waals surface area contributed by atoms with E-state index in [1.165, 1.54) is 103 Å². The zero-order valence-electron chi connectivity index (χ0n) is 25.9. The van der Waals surface area contributed by atoms with E-state index in [1.807, 2.05) is 11.3 Å². The number of para-hydroxylation sites is 2. The van der Waals surface area contributed by atoms with Crippen LogP contribution in [0, 0.1) is 0 Å². The van der Waals surface area contributed by atoms with Crippen LogP contribution in [-0.2, 0) is 0 Å². The van der Waals surface area contributed by atoms with Crippen LogP contribution in [0.15, 0.2) is 164 Å². The zero-order valence-corrected chi connectivity index (χ0v) is 26.8. The highest BCUT2D eigenvalue weighted by Gasteiger charge is 2.22. The van der Waals surface area contributed by atoms with Gasteiger partial charge in [-0.1, -0.05) is 109 Å². The maximum Gasteiger partial charge on any atom is 0.0547 e. The summed E-state index contributed by atoms with van der Waals surface area (Å²) in [6.07, 6.45) is 0. The Kier molecular flexibility index (Phi) is 5.32. The molecule has 2 aromatic heterocycles. The molecule has 0 saturated heterocycles. The molecule has 10 aromatic rings. The number of thiophene rings is 1. The third kappa shape index (κ3) is 3.61. The highest BCUT2D eigenvalue weighted by Crippen LogP contribution is 2.49.